The van der Waals surface area contributed by atoms with E-state index in [0.29, 0.717) is 23.9 Å². The van der Waals surface area contributed by atoms with Crippen molar-refractivity contribution in [2.45, 2.75) is 32.7 Å². The molecule has 0 radical (unpaired) electrons. The molecule has 1 aliphatic heterocycles. The van der Waals surface area contributed by atoms with Crippen LogP contribution in [0.15, 0.2) is 18.5 Å². The first kappa shape index (κ1) is 12.8. The largest absolute Gasteiger partial charge is 0.368 e. The molecule has 2 unspecified atom stereocenters. The van der Waals surface area contributed by atoms with E-state index >= 15 is 0 Å². The Balaban J connectivity index is 1.97. The van der Waals surface area contributed by atoms with Crippen molar-refractivity contribution in [2.75, 3.05) is 17.2 Å². The Kier molecular flexibility index (Phi) is 3.25. The van der Waals surface area contributed by atoms with Gasteiger partial charge in [0.2, 0.25) is 11.9 Å². The molecule has 2 aromatic heterocycles. The number of rotatable bonds is 2. The molecule has 0 bridgehead atoms. The van der Waals surface area contributed by atoms with Crippen molar-refractivity contribution in [3.63, 3.8) is 0 Å². The second-order valence-corrected chi connectivity index (χ2v) is 5.43. The molecule has 2 aromatic rings. The number of nitrogen functional groups attached to an aromatic ring is 1. The van der Waals surface area contributed by atoms with Gasteiger partial charge in [-0.3, -0.25) is 0 Å². The normalized spacial score (nSPS) is 23.0. The van der Waals surface area contributed by atoms with Crippen LogP contribution in [0.3, 0.4) is 0 Å². The zero-order valence-corrected chi connectivity index (χ0v) is 11.8. The summed E-state index contributed by atoms with van der Waals surface area (Å²) in [4.78, 5) is 15.2. The fraction of sp³-hybridized carbons (Fsp3) is 0.538. The van der Waals surface area contributed by atoms with Gasteiger partial charge in [-0.15, -0.1) is 0 Å². The molecule has 7 heteroatoms. The van der Waals surface area contributed by atoms with Gasteiger partial charge in [0.1, 0.15) is 0 Å². The van der Waals surface area contributed by atoms with E-state index in [1.54, 1.807) is 17.1 Å². The van der Waals surface area contributed by atoms with E-state index in [0.717, 1.165) is 13.0 Å². The highest BCUT2D eigenvalue weighted by Gasteiger charge is 2.25. The molecule has 106 valence electrons. The Morgan fingerprint density at radius 3 is 2.70 bits per heavy atom. The van der Waals surface area contributed by atoms with Crippen molar-refractivity contribution in [3.8, 4) is 5.95 Å². The van der Waals surface area contributed by atoms with Crippen molar-refractivity contribution in [1.82, 2.24) is 24.7 Å². The highest BCUT2D eigenvalue weighted by molar-refractivity contribution is 5.39. The van der Waals surface area contributed by atoms with E-state index in [1.807, 2.05) is 6.07 Å². The number of piperidine rings is 1. The monoisotopic (exact) mass is 273 g/mol. The zero-order chi connectivity index (χ0) is 14.1. The number of nitrogens with two attached hydrogens (primary N) is 1. The van der Waals surface area contributed by atoms with Gasteiger partial charge in [-0.2, -0.15) is 20.1 Å². The van der Waals surface area contributed by atoms with Crippen LogP contribution in [0.2, 0.25) is 0 Å². The van der Waals surface area contributed by atoms with Crippen molar-refractivity contribution in [2.24, 2.45) is 5.92 Å². The van der Waals surface area contributed by atoms with Gasteiger partial charge in [0.05, 0.1) is 0 Å². The minimum absolute atomic E-state index is 0.228. The van der Waals surface area contributed by atoms with Gasteiger partial charge in [0, 0.05) is 25.0 Å². The highest BCUT2D eigenvalue weighted by atomic mass is 15.4. The minimum Gasteiger partial charge on any atom is -0.368 e. The summed E-state index contributed by atoms with van der Waals surface area (Å²) in [7, 11) is 0. The third-order valence-electron chi connectivity index (χ3n) is 3.71. The van der Waals surface area contributed by atoms with E-state index < -0.39 is 0 Å². The summed E-state index contributed by atoms with van der Waals surface area (Å²) in [6, 6.07) is 2.24. The summed E-state index contributed by atoms with van der Waals surface area (Å²) in [5, 5.41) is 4.14. The van der Waals surface area contributed by atoms with Crippen LogP contribution < -0.4 is 10.6 Å². The van der Waals surface area contributed by atoms with Crippen LogP contribution in [0, 0.1) is 5.92 Å². The first-order valence-corrected chi connectivity index (χ1v) is 6.91. The number of aromatic nitrogens is 5. The van der Waals surface area contributed by atoms with Gasteiger partial charge in [0.25, 0.3) is 5.95 Å². The quantitative estimate of drug-likeness (QED) is 0.886. The van der Waals surface area contributed by atoms with Gasteiger partial charge in [-0.1, -0.05) is 6.92 Å². The maximum Gasteiger partial charge on any atom is 0.257 e. The van der Waals surface area contributed by atoms with E-state index in [4.69, 9.17) is 5.73 Å². The Morgan fingerprint density at radius 2 is 1.95 bits per heavy atom. The first-order chi connectivity index (χ1) is 9.63. The summed E-state index contributed by atoms with van der Waals surface area (Å²) < 4.78 is 1.60. The highest BCUT2D eigenvalue weighted by Crippen LogP contribution is 2.25. The van der Waals surface area contributed by atoms with E-state index in [1.165, 1.54) is 6.42 Å². The average molecular weight is 273 g/mol. The smallest absolute Gasteiger partial charge is 0.257 e. The first-order valence-electron chi connectivity index (χ1n) is 6.91. The van der Waals surface area contributed by atoms with E-state index in [9.17, 15) is 0 Å². The summed E-state index contributed by atoms with van der Waals surface area (Å²) in [5.74, 6) is 1.97. The predicted octanol–water partition coefficient (Wildman–Crippen LogP) is 1.26. The third kappa shape index (κ3) is 2.43. The molecule has 2 N–H and O–H groups in total. The molecule has 3 heterocycles. The molecule has 7 nitrogen and oxygen atoms in total. The standard InChI is InChI=1S/C13H19N7/c1-9-4-5-10(2)19(8-9)12-16-11(14)17-13(18-12)20-7-3-6-15-20/h3,6-7,9-10H,4-5,8H2,1-2H3,(H2,14,16,17,18). The number of nitrogens with zero attached hydrogens (tertiary/aromatic N) is 6. The average Bonchev–Trinajstić information content (AvgIpc) is 2.95. The SMILES string of the molecule is CC1CCC(C)N(c2nc(N)nc(-n3cccn3)n2)C1. The summed E-state index contributed by atoms with van der Waals surface area (Å²) in [6.45, 7) is 5.39. The molecule has 3 rings (SSSR count). The van der Waals surface area contributed by atoms with Crippen LogP contribution in [-0.2, 0) is 0 Å². The van der Waals surface area contributed by atoms with Crippen molar-refractivity contribution in [3.05, 3.63) is 18.5 Å². The topological polar surface area (TPSA) is 85.8 Å². The molecule has 1 saturated heterocycles. The van der Waals surface area contributed by atoms with Crippen LogP contribution in [0.1, 0.15) is 26.7 Å². The Labute approximate surface area is 117 Å². The molecule has 0 amide bonds. The summed E-state index contributed by atoms with van der Waals surface area (Å²) >= 11 is 0. The number of anilines is 2. The molecule has 1 fully saturated rings. The van der Waals surface area contributed by atoms with Gasteiger partial charge < -0.3 is 10.6 Å². The van der Waals surface area contributed by atoms with E-state index in [2.05, 4.69) is 38.8 Å². The molecular weight excluding hydrogens is 254 g/mol. The second-order valence-electron chi connectivity index (χ2n) is 5.43. The van der Waals surface area contributed by atoms with Crippen LogP contribution in [0.25, 0.3) is 5.95 Å². The van der Waals surface area contributed by atoms with Gasteiger partial charge >= 0.3 is 0 Å². The Hall–Kier alpha value is -2.18. The molecule has 0 aliphatic carbocycles. The van der Waals surface area contributed by atoms with Crippen LogP contribution in [0.5, 0.6) is 0 Å². The molecule has 20 heavy (non-hydrogen) atoms. The molecule has 0 spiro atoms. The lowest BCUT2D eigenvalue weighted by Crippen LogP contribution is -2.42. The van der Waals surface area contributed by atoms with Crippen molar-refractivity contribution < 1.29 is 0 Å². The van der Waals surface area contributed by atoms with Crippen LogP contribution in [0.4, 0.5) is 11.9 Å². The fourth-order valence-electron chi connectivity index (χ4n) is 2.55. The number of hydrogen-bond donors (Lipinski definition) is 1. The zero-order valence-electron chi connectivity index (χ0n) is 11.8. The van der Waals surface area contributed by atoms with Gasteiger partial charge in [-0.25, -0.2) is 4.68 Å². The lowest BCUT2D eigenvalue weighted by molar-refractivity contribution is 0.385. The molecule has 2 atom stereocenters. The molecule has 0 aromatic carbocycles. The number of hydrogen-bond acceptors (Lipinski definition) is 6. The van der Waals surface area contributed by atoms with Gasteiger partial charge in [0.15, 0.2) is 0 Å². The lowest BCUT2D eigenvalue weighted by Gasteiger charge is -2.36. The molecule has 1 aliphatic rings. The van der Waals surface area contributed by atoms with Crippen molar-refractivity contribution in [1.29, 1.82) is 0 Å². The Morgan fingerprint density at radius 1 is 1.15 bits per heavy atom. The Bertz CT molecular complexity index is 580. The molecular formula is C13H19N7. The van der Waals surface area contributed by atoms with Crippen LogP contribution >= 0.6 is 0 Å². The summed E-state index contributed by atoms with van der Waals surface area (Å²) in [6.07, 6.45) is 5.86. The van der Waals surface area contributed by atoms with E-state index in [-0.39, 0.29) is 5.95 Å². The maximum absolute atomic E-state index is 5.82. The lowest BCUT2D eigenvalue weighted by atomic mass is 9.95. The fourth-order valence-corrected chi connectivity index (χ4v) is 2.55. The van der Waals surface area contributed by atoms with Crippen LogP contribution in [-0.4, -0.2) is 37.3 Å². The predicted molar refractivity (Wildman–Crippen MR) is 76.6 cm³/mol. The van der Waals surface area contributed by atoms with Crippen molar-refractivity contribution >= 4 is 11.9 Å². The minimum atomic E-state index is 0.228. The molecule has 0 saturated carbocycles. The summed E-state index contributed by atoms with van der Waals surface area (Å²) in [5.41, 5.74) is 5.82. The maximum atomic E-state index is 5.82. The van der Waals surface area contributed by atoms with Gasteiger partial charge in [-0.05, 0) is 31.7 Å². The second kappa shape index (κ2) is 5.07. The third-order valence-corrected chi connectivity index (χ3v) is 3.71.